The second-order valence-electron chi connectivity index (χ2n) is 6.08. The highest BCUT2D eigenvalue weighted by Crippen LogP contribution is 2.30. The van der Waals surface area contributed by atoms with Gasteiger partial charge in [-0.3, -0.25) is 4.79 Å². The van der Waals surface area contributed by atoms with Crippen molar-refractivity contribution in [2.75, 3.05) is 0 Å². The highest BCUT2D eigenvalue weighted by atomic mass is 32.2. The Morgan fingerprint density at radius 2 is 2.00 bits per heavy atom. The molecule has 2 aromatic rings. The van der Waals surface area contributed by atoms with Gasteiger partial charge < -0.3 is 9.32 Å². The molecule has 0 aliphatic carbocycles. The van der Waals surface area contributed by atoms with E-state index in [9.17, 15) is 4.79 Å². The van der Waals surface area contributed by atoms with Crippen molar-refractivity contribution in [2.24, 2.45) is 0 Å². The third-order valence-corrected chi connectivity index (χ3v) is 5.28. The standard InChI is InChI=1S/C17H22N2O2S/c1-11-7-6-8-12(2)19(11)16(20)13(3)22-17-18-14-9-4-5-10-15(14)21-17/h4-5,9-13H,6-8H2,1-3H3/t11-,12-,13-/m1/s1. The number of nitrogens with zero attached hydrogens (tertiary/aromatic N) is 2. The van der Waals surface area contributed by atoms with Crippen LogP contribution in [0.15, 0.2) is 33.9 Å². The summed E-state index contributed by atoms with van der Waals surface area (Å²) in [5.41, 5.74) is 1.61. The minimum Gasteiger partial charge on any atom is -0.431 e. The van der Waals surface area contributed by atoms with Gasteiger partial charge in [-0.1, -0.05) is 23.9 Å². The van der Waals surface area contributed by atoms with Crippen LogP contribution in [-0.2, 0) is 4.79 Å². The van der Waals surface area contributed by atoms with E-state index < -0.39 is 0 Å². The highest BCUT2D eigenvalue weighted by Gasteiger charge is 2.32. The predicted molar refractivity (Wildman–Crippen MR) is 88.9 cm³/mol. The molecule has 118 valence electrons. The van der Waals surface area contributed by atoms with Gasteiger partial charge in [-0.05, 0) is 52.2 Å². The molecule has 1 saturated heterocycles. The molecule has 2 heterocycles. The topological polar surface area (TPSA) is 46.3 Å². The van der Waals surface area contributed by atoms with Gasteiger partial charge in [-0.15, -0.1) is 0 Å². The summed E-state index contributed by atoms with van der Waals surface area (Å²) in [5, 5.41) is 0.385. The van der Waals surface area contributed by atoms with E-state index in [0.717, 1.165) is 23.9 Å². The molecule has 0 radical (unpaired) electrons. The Bertz CT molecular complexity index is 626. The van der Waals surface area contributed by atoms with E-state index in [1.807, 2.05) is 36.1 Å². The van der Waals surface area contributed by atoms with Crippen molar-refractivity contribution in [1.29, 1.82) is 0 Å². The van der Waals surface area contributed by atoms with Crippen molar-refractivity contribution < 1.29 is 9.21 Å². The summed E-state index contributed by atoms with van der Waals surface area (Å²) in [6, 6.07) is 8.32. The van der Waals surface area contributed by atoms with Crippen molar-refractivity contribution in [2.45, 2.75) is 62.6 Å². The van der Waals surface area contributed by atoms with Gasteiger partial charge in [0.25, 0.3) is 5.22 Å². The van der Waals surface area contributed by atoms with Crippen LogP contribution in [-0.4, -0.2) is 33.1 Å². The molecule has 5 heteroatoms. The van der Waals surface area contributed by atoms with E-state index in [1.54, 1.807) is 0 Å². The lowest BCUT2D eigenvalue weighted by atomic mass is 9.97. The maximum Gasteiger partial charge on any atom is 0.257 e. The molecule has 0 spiro atoms. The van der Waals surface area contributed by atoms with Gasteiger partial charge >= 0.3 is 0 Å². The van der Waals surface area contributed by atoms with Crippen LogP contribution in [0, 0.1) is 0 Å². The van der Waals surface area contributed by atoms with Crippen molar-refractivity contribution >= 4 is 28.8 Å². The van der Waals surface area contributed by atoms with Crippen LogP contribution in [0.2, 0.25) is 0 Å². The first-order valence-electron chi connectivity index (χ1n) is 7.90. The van der Waals surface area contributed by atoms with Gasteiger partial charge in [0.2, 0.25) is 5.91 Å². The number of hydrogen-bond donors (Lipinski definition) is 0. The molecule has 3 rings (SSSR count). The van der Waals surface area contributed by atoms with Crippen LogP contribution in [0.5, 0.6) is 0 Å². The molecule has 4 nitrogen and oxygen atoms in total. The first-order valence-corrected chi connectivity index (χ1v) is 8.78. The molecular formula is C17H22N2O2S. The Labute approximate surface area is 135 Å². The Morgan fingerprint density at radius 1 is 1.32 bits per heavy atom. The number of fused-ring (bicyclic) bond motifs is 1. The van der Waals surface area contributed by atoms with Crippen LogP contribution >= 0.6 is 11.8 Å². The number of para-hydroxylation sites is 2. The lowest BCUT2D eigenvalue weighted by Crippen LogP contribution is -2.50. The van der Waals surface area contributed by atoms with E-state index in [0.29, 0.717) is 17.3 Å². The van der Waals surface area contributed by atoms with Gasteiger partial charge in [0.1, 0.15) is 5.52 Å². The summed E-state index contributed by atoms with van der Waals surface area (Å²) < 4.78 is 5.71. The largest absolute Gasteiger partial charge is 0.431 e. The summed E-state index contributed by atoms with van der Waals surface area (Å²) in [6.07, 6.45) is 3.39. The predicted octanol–water partition coefficient (Wildman–Crippen LogP) is 4.10. The SMILES string of the molecule is C[C@@H]1CCC[C@@H](C)N1C(=O)[C@@H](C)Sc1nc2ccccc2o1. The first-order chi connectivity index (χ1) is 10.6. The molecule has 0 bridgehead atoms. The fraction of sp³-hybridized carbons (Fsp3) is 0.529. The van der Waals surface area contributed by atoms with Gasteiger partial charge in [-0.2, -0.15) is 0 Å². The maximum absolute atomic E-state index is 12.8. The monoisotopic (exact) mass is 318 g/mol. The van der Waals surface area contributed by atoms with Gasteiger partial charge in [0.05, 0.1) is 5.25 Å². The molecule has 3 atom stereocenters. The second-order valence-corrected chi connectivity index (χ2v) is 7.37. The lowest BCUT2D eigenvalue weighted by molar-refractivity contribution is -0.136. The number of rotatable bonds is 3. The van der Waals surface area contributed by atoms with E-state index in [1.165, 1.54) is 18.2 Å². The number of carbonyl (C=O) groups excluding carboxylic acids is 1. The molecule has 22 heavy (non-hydrogen) atoms. The number of carbonyl (C=O) groups is 1. The van der Waals surface area contributed by atoms with E-state index in [2.05, 4.69) is 18.8 Å². The van der Waals surface area contributed by atoms with Gasteiger partial charge in [0.15, 0.2) is 5.58 Å². The molecule has 0 unspecified atom stereocenters. The molecule has 1 fully saturated rings. The summed E-state index contributed by atoms with van der Waals surface area (Å²) >= 11 is 1.41. The molecular weight excluding hydrogens is 296 g/mol. The first kappa shape index (κ1) is 15.4. The fourth-order valence-electron chi connectivity index (χ4n) is 3.17. The van der Waals surface area contributed by atoms with E-state index >= 15 is 0 Å². The van der Waals surface area contributed by atoms with Crippen LogP contribution in [0.3, 0.4) is 0 Å². The number of hydrogen-bond acceptors (Lipinski definition) is 4. The highest BCUT2D eigenvalue weighted by molar-refractivity contribution is 8.00. The van der Waals surface area contributed by atoms with Crippen LogP contribution in [0.25, 0.3) is 11.1 Å². The molecule has 1 aromatic heterocycles. The molecule has 1 aromatic carbocycles. The zero-order valence-corrected chi connectivity index (χ0v) is 14.1. The average molecular weight is 318 g/mol. The van der Waals surface area contributed by atoms with Crippen molar-refractivity contribution in [1.82, 2.24) is 9.88 Å². The molecule has 0 N–H and O–H groups in total. The third-order valence-electron chi connectivity index (χ3n) is 4.35. The second kappa shape index (κ2) is 6.32. The Hall–Kier alpha value is -1.49. The van der Waals surface area contributed by atoms with E-state index in [-0.39, 0.29) is 11.2 Å². The molecule has 0 saturated carbocycles. The molecule has 1 aliphatic rings. The minimum absolute atomic E-state index is 0.184. The summed E-state index contributed by atoms with van der Waals surface area (Å²) in [7, 11) is 0. The summed E-state index contributed by atoms with van der Waals surface area (Å²) in [6.45, 7) is 6.23. The van der Waals surface area contributed by atoms with Crippen LogP contribution in [0.1, 0.15) is 40.0 Å². The Kier molecular flexibility index (Phi) is 4.43. The zero-order valence-electron chi connectivity index (χ0n) is 13.3. The van der Waals surface area contributed by atoms with Crippen molar-refractivity contribution in [3.05, 3.63) is 24.3 Å². The summed E-state index contributed by atoms with van der Waals surface area (Å²) in [4.78, 5) is 19.3. The summed E-state index contributed by atoms with van der Waals surface area (Å²) in [5.74, 6) is 0.187. The normalized spacial score (nSPS) is 23.7. The number of aromatic nitrogens is 1. The zero-order chi connectivity index (χ0) is 15.7. The lowest BCUT2D eigenvalue weighted by Gasteiger charge is -2.40. The number of piperidine rings is 1. The Balaban J connectivity index is 1.72. The number of benzene rings is 1. The minimum atomic E-state index is -0.184. The fourth-order valence-corrected chi connectivity index (χ4v) is 3.98. The van der Waals surface area contributed by atoms with Crippen molar-refractivity contribution in [3.63, 3.8) is 0 Å². The van der Waals surface area contributed by atoms with Gasteiger partial charge in [-0.25, -0.2) is 4.98 Å². The number of thioether (sulfide) groups is 1. The number of oxazole rings is 1. The Morgan fingerprint density at radius 3 is 2.68 bits per heavy atom. The van der Waals surface area contributed by atoms with Crippen LogP contribution in [0.4, 0.5) is 0 Å². The quantitative estimate of drug-likeness (QED) is 0.799. The van der Waals surface area contributed by atoms with Gasteiger partial charge in [0, 0.05) is 12.1 Å². The smallest absolute Gasteiger partial charge is 0.257 e. The van der Waals surface area contributed by atoms with Crippen molar-refractivity contribution in [3.8, 4) is 0 Å². The molecule has 1 amide bonds. The molecule has 1 aliphatic heterocycles. The average Bonchev–Trinajstić information content (AvgIpc) is 2.89. The maximum atomic E-state index is 12.8. The number of likely N-dealkylation sites (tertiary alicyclic amines) is 1. The third kappa shape index (κ3) is 3.00. The van der Waals surface area contributed by atoms with E-state index in [4.69, 9.17) is 4.42 Å². The van der Waals surface area contributed by atoms with Crippen LogP contribution < -0.4 is 0 Å². The number of amides is 1.